The van der Waals surface area contributed by atoms with Crippen molar-refractivity contribution in [2.24, 2.45) is 0 Å². The minimum Gasteiger partial charge on any atom is -0.394 e. The zero-order chi connectivity index (χ0) is 61.5. The first-order valence-electron chi connectivity index (χ1n) is 38.5. The number of unbranched alkanes of at least 4 members (excludes halogenated alkanes) is 55. The molecule has 0 aromatic heterocycles. The highest BCUT2D eigenvalue weighted by molar-refractivity contribution is 5.80. The lowest BCUT2D eigenvalue weighted by molar-refractivity contribution is -0.132. The van der Waals surface area contributed by atoms with E-state index in [1.165, 1.54) is 334 Å². The predicted molar refractivity (Wildman–Crippen MR) is 376 cm³/mol. The van der Waals surface area contributed by atoms with Crippen molar-refractivity contribution in [2.75, 3.05) is 6.61 Å². The van der Waals surface area contributed by atoms with Gasteiger partial charge in [0.15, 0.2) is 0 Å². The van der Waals surface area contributed by atoms with Crippen LogP contribution in [-0.4, -0.2) is 57.3 Å². The minimum absolute atomic E-state index is 0.360. The standard InChI is InChI=1S/C79H151NO5/c1-3-5-7-9-11-13-15-17-19-21-23-25-27-29-31-33-35-36-37-38-39-40-41-43-45-47-49-51-53-55-57-59-61-63-65-67-69-71-73-77(83)79(85)80-75(74-81)78(84)76(82)72-70-68-66-64-62-60-58-56-54-52-50-48-46-44-42-34-32-30-28-26-24-22-20-18-16-14-12-10-8-6-4-2/h38-39,48,50,56,58,64,66,75-78,81-84H,3-37,40-47,49,51-55,57,59-63,65,67-74H2,1-2H3,(H,80,85)/b39-38-,50-48+,58-56+,66-64+. The Bertz CT molecular complexity index is 1390. The quantitative estimate of drug-likeness (QED) is 0.0308. The SMILES string of the molecule is CCCCCCCCCCCCCCCCCCCC/C=C\CCCCCCCCCCCCCCCCCCC(O)C(=O)NC(CO)C(O)C(O)CCC/C=C/CC/C=C/CC/C=C/CCCCCCCCCCCCCCCCCCCC. The van der Waals surface area contributed by atoms with Gasteiger partial charge in [0.1, 0.15) is 12.2 Å². The lowest BCUT2D eigenvalue weighted by Gasteiger charge is -2.27. The molecule has 0 aliphatic heterocycles. The van der Waals surface area contributed by atoms with Crippen molar-refractivity contribution in [1.29, 1.82) is 0 Å². The first-order chi connectivity index (χ1) is 42.0. The van der Waals surface area contributed by atoms with Gasteiger partial charge in [-0.15, -0.1) is 0 Å². The summed E-state index contributed by atoms with van der Waals surface area (Å²) in [6, 6.07) is -1.01. The summed E-state index contributed by atoms with van der Waals surface area (Å²) in [6.07, 6.45) is 97.1. The summed E-state index contributed by atoms with van der Waals surface area (Å²) in [6.45, 7) is 4.10. The van der Waals surface area contributed by atoms with Gasteiger partial charge in [-0.2, -0.15) is 0 Å². The molecule has 502 valence electrons. The number of aliphatic hydroxyl groups is 4. The first-order valence-corrected chi connectivity index (χ1v) is 38.5. The van der Waals surface area contributed by atoms with E-state index in [0.717, 1.165) is 51.4 Å². The van der Waals surface area contributed by atoms with Crippen LogP contribution < -0.4 is 5.32 Å². The molecule has 5 N–H and O–H groups in total. The van der Waals surface area contributed by atoms with Crippen LogP contribution in [0.4, 0.5) is 0 Å². The number of nitrogens with one attached hydrogen (secondary N) is 1. The summed E-state index contributed by atoms with van der Waals surface area (Å²) < 4.78 is 0. The lowest BCUT2D eigenvalue weighted by atomic mass is 10.00. The van der Waals surface area contributed by atoms with Crippen LogP contribution in [-0.2, 0) is 4.79 Å². The van der Waals surface area contributed by atoms with E-state index in [0.29, 0.717) is 19.3 Å². The van der Waals surface area contributed by atoms with Gasteiger partial charge in [0.2, 0.25) is 5.91 Å². The number of carbonyl (C=O) groups excluding carboxylic acids is 1. The van der Waals surface area contributed by atoms with Crippen molar-refractivity contribution in [3.05, 3.63) is 48.6 Å². The van der Waals surface area contributed by atoms with Gasteiger partial charge < -0.3 is 25.7 Å². The summed E-state index contributed by atoms with van der Waals surface area (Å²) in [5.41, 5.74) is 0. The van der Waals surface area contributed by atoms with E-state index < -0.39 is 36.9 Å². The third-order valence-corrected chi connectivity index (χ3v) is 18.2. The molecule has 0 rings (SSSR count). The number of rotatable bonds is 72. The molecule has 4 atom stereocenters. The van der Waals surface area contributed by atoms with Crippen molar-refractivity contribution in [3.8, 4) is 0 Å². The Morgan fingerprint density at radius 1 is 0.282 bits per heavy atom. The Hall–Kier alpha value is -1.73. The second-order valence-corrected chi connectivity index (χ2v) is 26.7. The topological polar surface area (TPSA) is 110 Å². The van der Waals surface area contributed by atoms with Gasteiger partial charge in [-0.3, -0.25) is 4.79 Å². The van der Waals surface area contributed by atoms with Crippen molar-refractivity contribution < 1.29 is 25.2 Å². The zero-order valence-corrected chi connectivity index (χ0v) is 57.4. The fourth-order valence-electron chi connectivity index (χ4n) is 12.3. The molecule has 0 fully saturated rings. The molecule has 0 aromatic carbocycles. The van der Waals surface area contributed by atoms with Crippen LogP contribution in [0.3, 0.4) is 0 Å². The number of amides is 1. The van der Waals surface area contributed by atoms with E-state index in [4.69, 9.17) is 0 Å². The molecule has 0 aliphatic rings. The molecule has 0 saturated heterocycles. The molecule has 0 aliphatic carbocycles. The molecule has 0 aromatic rings. The average Bonchev–Trinajstić information content (AvgIpc) is 3.51. The molecule has 6 heteroatoms. The van der Waals surface area contributed by atoms with Gasteiger partial charge in [0.05, 0.1) is 18.8 Å². The van der Waals surface area contributed by atoms with Crippen LogP contribution in [0.1, 0.15) is 418 Å². The van der Waals surface area contributed by atoms with Crippen LogP contribution in [0, 0.1) is 0 Å². The Morgan fingerprint density at radius 2 is 0.494 bits per heavy atom. The monoisotopic (exact) mass is 1190 g/mol. The van der Waals surface area contributed by atoms with Gasteiger partial charge in [-0.1, -0.05) is 377 Å². The van der Waals surface area contributed by atoms with Gasteiger partial charge in [0, 0.05) is 0 Å². The van der Waals surface area contributed by atoms with Gasteiger partial charge >= 0.3 is 0 Å². The summed E-state index contributed by atoms with van der Waals surface area (Å²) >= 11 is 0. The minimum atomic E-state index is -1.30. The van der Waals surface area contributed by atoms with Crippen LogP contribution in [0.2, 0.25) is 0 Å². The van der Waals surface area contributed by atoms with Crippen LogP contribution in [0.25, 0.3) is 0 Å². The molecule has 1 amide bonds. The second kappa shape index (κ2) is 73.0. The van der Waals surface area contributed by atoms with Gasteiger partial charge in [-0.05, 0) is 89.9 Å². The summed E-state index contributed by atoms with van der Waals surface area (Å²) in [4.78, 5) is 12.7. The molecule has 0 saturated carbocycles. The second-order valence-electron chi connectivity index (χ2n) is 26.7. The fourth-order valence-corrected chi connectivity index (χ4v) is 12.3. The molecule has 0 radical (unpaired) electrons. The van der Waals surface area contributed by atoms with Crippen molar-refractivity contribution in [3.63, 3.8) is 0 Å². The van der Waals surface area contributed by atoms with Crippen molar-refractivity contribution >= 4 is 5.91 Å². The van der Waals surface area contributed by atoms with Gasteiger partial charge in [-0.25, -0.2) is 0 Å². The summed E-state index contributed by atoms with van der Waals surface area (Å²) in [5.74, 6) is -0.594. The molecule has 0 heterocycles. The Labute approximate surface area is 531 Å². The Balaban J connectivity index is 3.57. The normalized spacial score (nSPS) is 13.6. The maximum atomic E-state index is 12.7. The third-order valence-electron chi connectivity index (χ3n) is 18.2. The van der Waals surface area contributed by atoms with E-state index in [1.54, 1.807) is 0 Å². The summed E-state index contributed by atoms with van der Waals surface area (Å²) in [7, 11) is 0. The molecule has 4 unspecified atom stereocenters. The highest BCUT2D eigenvalue weighted by Gasteiger charge is 2.28. The Morgan fingerprint density at radius 3 is 0.741 bits per heavy atom. The maximum Gasteiger partial charge on any atom is 0.249 e. The van der Waals surface area contributed by atoms with Crippen LogP contribution in [0.5, 0.6) is 0 Å². The predicted octanol–water partition coefficient (Wildman–Crippen LogP) is 24.4. The highest BCUT2D eigenvalue weighted by Crippen LogP contribution is 2.20. The van der Waals surface area contributed by atoms with Crippen LogP contribution in [0.15, 0.2) is 48.6 Å². The fraction of sp³-hybridized carbons (Fsp3) is 0.886. The summed E-state index contributed by atoms with van der Waals surface area (Å²) in [5, 5.41) is 44.2. The number of aliphatic hydroxyl groups excluding tert-OH is 4. The molecular weight excluding hydrogens is 1040 g/mol. The van der Waals surface area contributed by atoms with E-state index in [9.17, 15) is 25.2 Å². The highest BCUT2D eigenvalue weighted by atomic mass is 16.3. The van der Waals surface area contributed by atoms with Crippen molar-refractivity contribution in [1.82, 2.24) is 5.32 Å². The lowest BCUT2D eigenvalue weighted by Crippen LogP contribution is -2.53. The molecule has 0 bridgehead atoms. The number of hydrogen-bond donors (Lipinski definition) is 5. The third kappa shape index (κ3) is 66.5. The zero-order valence-electron chi connectivity index (χ0n) is 57.4. The molecule has 6 nitrogen and oxygen atoms in total. The first kappa shape index (κ1) is 83.3. The number of hydrogen-bond acceptors (Lipinski definition) is 5. The number of allylic oxidation sites excluding steroid dienone is 8. The average molecular weight is 1200 g/mol. The maximum absolute atomic E-state index is 12.7. The Kier molecular flexibility index (Phi) is 71.5. The van der Waals surface area contributed by atoms with E-state index in [2.05, 4.69) is 67.8 Å². The van der Waals surface area contributed by atoms with Crippen LogP contribution >= 0.6 is 0 Å². The molecular formula is C79H151NO5. The van der Waals surface area contributed by atoms with Crippen molar-refractivity contribution in [2.45, 2.75) is 443 Å². The largest absolute Gasteiger partial charge is 0.394 e. The van der Waals surface area contributed by atoms with E-state index in [1.807, 2.05) is 0 Å². The van der Waals surface area contributed by atoms with Gasteiger partial charge in [0.25, 0.3) is 0 Å². The smallest absolute Gasteiger partial charge is 0.249 e. The van der Waals surface area contributed by atoms with E-state index in [-0.39, 0.29) is 0 Å². The molecule has 85 heavy (non-hydrogen) atoms. The molecule has 0 spiro atoms. The van der Waals surface area contributed by atoms with E-state index >= 15 is 0 Å². The number of carbonyl (C=O) groups is 1.